The molecule has 0 saturated heterocycles. The summed E-state index contributed by atoms with van der Waals surface area (Å²) in [4.78, 5) is 31.7. The number of halogens is 1. The van der Waals surface area contributed by atoms with Gasteiger partial charge in [-0.3, -0.25) is 5.32 Å². The summed E-state index contributed by atoms with van der Waals surface area (Å²) in [6, 6.07) is 9.15. The van der Waals surface area contributed by atoms with Crippen LogP contribution in [-0.4, -0.2) is 34.7 Å². The predicted molar refractivity (Wildman–Crippen MR) is 112 cm³/mol. The number of H-pyrrole nitrogens is 1. The number of nitrogens with one attached hydrogen (secondary N) is 2. The average molecular weight is 416 g/mol. The van der Waals surface area contributed by atoms with Crippen molar-refractivity contribution >= 4 is 40.6 Å². The molecule has 0 aliphatic rings. The van der Waals surface area contributed by atoms with Gasteiger partial charge >= 0.3 is 12.1 Å². The number of hydrogen-bond donors (Lipinski definition) is 2. The number of carbonyl (C=O) groups excluding carboxylic acids is 2. The topological polar surface area (TPSA) is 93.3 Å². The second kappa shape index (κ2) is 7.75. The van der Waals surface area contributed by atoms with Crippen LogP contribution >= 0.6 is 11.6 Å². The number of methoxy groups -OCH3 is 1. The molecule has 1 amide bonds. The molecule has 2 N–H and O–H groups in total. The molecule has 0 saturated carbocycles. The third-order valence-corrected chi connectivity index (χ3v) is 4.36. The van der Waals surface area contributed by atoms with Gasteiger partial charge in [0.2, 0.25) is 5.95 Å². The summed E-state index contributed by atoms with van der Waals surface area (Å²) in [5.41, 5.74) is 3.03. The summed E-state index contributed by atoms with van der Waals surface area (Å²) < 4.78 is 10.1. The Balaban J connectivity index is 2.08. The van der Waals surface area contributed by atoms with Crippen LogP contribution in [0, 0.1) is 6.92 Å². The monoisotopic (exact) mass is 415 g/mol. The van der Waals surface area contributed by atoms with Crippen LogP contribution in [-0.2, 0) is 9.47 Å². The summed E-state index contributed by atoms with van der Waals surface area (Å²) in [5, 5.41) is 3.11. The van der Waals surface area contributed by atoms with E-state index < -0.39 is 17.7 Å². The van der Waals surface area contributed by atoms with Crippen molar-refractivity contribution in [3.8, 4) is 11.1 Å². The molecule has 3 aromatic rings. The molecule has 1 heterocycles. The Hall–Kier alpha value is -3.06. The van der Waals surface area contributed by atoms with Crippen molar-refractivity contribution in [3.05, 3.63) is 46.5 Å². The van der Waals surface area contributed by atoms with Crippen LogP contribution in [0.4, 0.5) is 10.7 Å². The number of aromatic nitrogens is 2. The van der Waals surface area contributed by atoms with E-state index in [0.29, 0.717) is 16.1 Å². The summed E-state index contributed by atoms with van der Waals surface area (Å²) in [6.07, 6.45) is -0.655. The third-order valence-electron chi connectivity index (χ3n) is 4.05. The maximum absolute atomic E-state index is 12.3. The molecule has 152 valence electrons. The first-order valence-electron chi connectivity index (χ1n) is 8.96. The molecule has 0 aliphatic carbocycles. The second-order valence-corrected chi connectivity index (χ2v) is 8.01. The number of amides is 1. The quantitative estimate of drug-likeness (QED) is 0.564. The SMILES string of the molecule is COC(=O)c1cc(-c2ccc(C)cc2Cl)cc2[nH]c(NC(=O)OC(C)(C)C)nc12. The molecule has 0 aliphatic heterocycles. The van der Waals surface area contributed by atoms with Crippen molar-refractivity contribution in [3.63, 3.8) is 0 Å². The Morgan fingerprint density at radius 3 is 2.52 bits per heavy atom. The number of benzene rings is 2. The molecule has 0 unspecified atom stereocenters. The van der Waals surface area contributed by atoms with Crippen molar-refractivity contribution in [1.29, 1.82) is 0 Å². The molecule has 0 radical (unpaired) electrons. The Kier molecular flexibility index (Phi) is 5.53. The number of ether oxygens (including phenoxy) is 2. The van der Waals surface area contributed by atoms with Crippen molar-refractivity contribution < 1.29 is 19.1 Å². The highest BCUT2D eigenvalue weighted by Gasteiger charge is 2.20. The molecular weight excluding hydrogens is 394 g/mol. The summed E-state index contributed by atoms with van der Waals surface area (Å²) in [6.45, 7) is 7.23. The summed E-state index contributed by atoms with van der Waals surface area (Å²) in [5.74, 6) is -0.387. The van der Waals surface area contributed by atoms with Crippen LogP contribution in [0.1, 0.15) is 36.7 Å². The van der Waals surface area contributed by atoms with E-state index in [1.54, 1.807) is 26.8 Å². The van der Waals surface area contributed by atoms with E-state index in [0.717, 1.165) is 16.7 Å². The van der Waals surface area contributed by atoms with E-state index in [2.05, 4.69) is 15.3 Å². The molecular formula is C21H22ClN3O4. The third kappa shape index (κ3) is 4.68. The van der Waals surface area contributed by atoms with Gasteiger partial charge in [-0.05, 0) is 57.0 Å². The van der Waals surface area contributed by atoms with Crippen molar-refractivity contribution in [2.24, 2.45) is 0 Å². The molecule has 0 spiro atoms. The minimum Gasteiger partial charge on any atom is -0.465 e. The average Bonchev–Trinajstić information content (AvgIpc) is 3.00. The Labute approximate surface area is 173 Å². The van der Waals surface area contributed by atoms with Gasteiger partial charge in [0.1, 0.15) is 11.1 Å². The predicted octanol–water partition coefficient (Wildman–Crippen LogP) is 5.33. The zero-order valence-electron chi connectivity index (χ0n) is 16.8. The number of imidazole rings is 1. The zero-order chi connectivity index (χ0) is 21.3. The number of carbonyl (C=O) groups is 2. The number of aryl methyl sites for hydroxylation is 1. The van der Waals surface area contributed by atoms with Crippen LogP contribution < -0.4 is 5.32 Å². The van der Waals surface area contributed by atoms with Gasteiger partial charge < -0.3 is 14.5 Å². The molecule has 0 fully saturated rings. The molecule has 0 bridgehead atoms. The van der Waals surface area contributed by atoms with E-state index in [-0.39, 0.29) is 11.5 Å². The summed E-state index contributed by atoms with van der Waals surface area (Å²) in [7, 11) is 1.30. The molecule has 7 nitrogen and oxygen atoms in total. The van der Waals surface area contributed by atoms with Gasteiger partial charge in [0, 0.05) is 10.6 Å². The Bertz CT molecular complexity index is 1100. The highest BCUT2D eigenvalue weighted by molar-refractivity contribution is 6.33. The first-order valence-corrected chi connectivity index (χ1v) is 9.34. The number of nitrogens with zero attached hydrogens (tertiary/aromatic N) is 1. The van der Waals surface area contributed by atoms with Gasteiger partial charge in [0.25, 0.3) is 0 Å². The lowest BCUT2D eigenvalue weighted by Gasteiger charge is -2.18. The molecule has 1 aromatic heterocycles. The molecule has 0 atom stereocenters. The normalized spacial score (nSPS) is 11.4. The maximum Gasteiger partial charge on any atom is 0.414 e. The van der Waals surface area contributed by atoms with E-state index in [1.807, 2.05) is 31.2 Å². The van der Waals surface area contributed by atoms with Crippen LogP contribution in [0.3, 0.4) is 0 Å². The van der Waals surface area contributed by atoms with Crippen molar-refractivity contribution in [2.75, 3.05) is 12.4 Å². The fraction of sp³-hybridized carbons (Fsp3) is 0.286. The molecule has 3 rings (SSSR count). The molecule has 2 aromatic carbocycles. The second-order valence-electron chi connectivity index (χ2n) is 7.61. The largest absolute Gasteiger partial charge is 0.465 e. The van der Waals surface area contributed by atoms with Crippen LogP contribution in [0.5, 0.6) is 0 Å². The number of esters is 1. The van der Waals surface area contributed by atoms with E-state index in [4.69, 9.17) is 21.1 Å². The number of hydrogen-bond acceptors (Lipinski definition) is 5. The van der Waals surface area contributed by atoms with Crippen LogP contribution in [0.2, 0.25) is 5.02 Å². The molecule has 8 heteroatoms. The number of fused-ring (bicyclic) bond motifs is 1. The van der Waals surface area contributed by atoms with Crippen molar-refractivity contribution in [2.45, 2.75) is 33.3 Å². The summed E-state index contributed by atoms with van der Waals surface area (Å²) >= 11 is 6.40. The minimum absolute atomic E-state index is 0.159. The van der Waals surface area contributed by atoms with Gasteiger partial charge in [-0.25, -0.2) is 14.6 Å². The lowest BCUT2D eigenvalue weighted by molar-refractivity contribution is 0.0600. The van der Waals surface area contributed by atoms with Gasteiger partial charge in [-0.15, -0.1) is 0 Å². The number of rotatable bonds is 3. The lowest BCUT2D eigenvalue weighted by atomic mass is 10.0. The van der Waals surface area contributed by atoms with Gasteiger partial charge in [0.05, 0.1) is 18.2 Å². The van der Waals surface area contributed by atoms with Gasteiger partial charge in [-0.1, -0.05) is 23.7 Å². The minimum atomic E-state index is -0.655. The van der Waals surface area contributed by atoms with Gasteiger partial charge in [0.15, 0.2) is 0 Å². The highest BCUT2D eigenvalue weighted by atomic mass is 35.5. The highest BCUT2D eigenvalue weighted by Crippen LogP contribution is 2.33. The maximum atomic E-state index is 12.3. The standard InChI is InChI=1S/C21H22ClN3O4/c1-11-6-7-13(15(22)8-11)12-9-14(18(26)28-5)17-16(10-12)23-19(24-17)25-20(27)29-21(2,3)4/h6-10H,1-5H3,(H2,23,24,25,27). The van der Waals surface area contributed by atoms with Crippen molar-refractivity contribution in [1.82, 2.24) is 9.97 Å². The van der Waals surface area contributed by atoms with Gasteiger partial charge in [-0.2, -0.15) is 0 Å². The molecule has 29 heavy (non-hydrogen) atoms. The fourth-order valence-corrected chi connectivity index (χ4v) is 3.20. The first kappa shape index (κ1) is 20.7. The zero-order valence-corrected chi connectivity index (χ0v) is 17.6. The number of aromatic amines is 1. The van der Waals surface area contributed by atoms with Crippen LogP contribution in [0.15, 0.2) is 30.3 Å². The first-order chi connectivity index (χ1) is 13.6. The smallest absolute Gasteiger partial charge is 0.414 e. The van der Waals surface area contributed by atoms with E-state index >= 15 is 0 Å². The fourth-order valence-electron chi connectivity index (χ4n) is 2.85. The van der Waals surface area contributed by atoms with Crippen LogP contribution in [0.25, 0.3) is 22.2 Å². The van der Waals surface area contributed by atoms with E-state index in [9.17, 15) is 9.59 Å². The lowest BCUT2D eigenvalue weighted by Crippen LogP contribution is -2.27. The Morgan fingerprint density at radius 1 is 1.17 bits per heavy atom. The van der Waals surface area contributed by atoms with E-state index in [1.165, 1.54) is 7.11 Å². The number of anilines is 1. The Morgan fingerprint density at radius 2 is 1.90 bits per heavy atom.